The number of ether oxygens (including phenoxy) is 2. The topological polar surface area (TPSA) is 76.4 Å². The van der Waals surface area contributed by atoms with Crippen LogP contribution in [0.3, 0.4) is 0 Å². The van der Waals surface area contributed by atoms with Crippen LogP contribution in [0.15, 0.2) is 54.6 Å². The molecule has 1 saturated carbocycles. The van der Waals surface area contributed by atoms with Crippen molar-refractivity contribution in [1.29, 1.82) is 5.26 Å². The molecule has 2 aromatic rings. The number of benzene rings is 2. The summed E-state index contributed by atoms with van der Waals surface area (Å²) in [7, 11) is 0. The van der Waals surface area contributed by atoms with E-state index in [0.29, 0.717) is 17.1 Å². The van der Waals surface area contributed by atoms with E-state index in [1.807, 2.05) is 30.3 Å². The number of nitrogens with zero attached hydrogens (tertiary/aromatic N) is 1. The molecule has 5 nitrogen and oxygen atoms in total. The van der Waals surface area contributed by atoms with Gasteiger partial charge in [0, 0.05) is 6.42 Å². The van der Waals surface area contributed by atoms with E-state index in [-0.39, 0.29) is 30.7 Å². The first kappa shape index (κ1) is 17.7. The number of hydrogen-bond acceptors (Lipinski definition) is 5. The Balaban J connectivity index is 1.60. The van der Waals surface area contributed by atoms with Crippen LogP contribution in [0.5, 0.6) is 11.5 Å². The van der Waals surface area contributed by atoms with E-state index in [2.05, 4.69) is 6.07 Å². The van der Waals surface area contributed by atoms with Gasteiger partial charge in [-0.3, -0.25) is 9.59 Å². The minimum atomic E-state index is -0.610. The van der Waals surface area contributed by atoms with Gasteiger partial charge in [-0.1, -0.05) is 30.3 Å². The first-order chi connectivity index (χ1) is 12.7. The fourth-order valence-electron chi connectivity index (χ4n) is 2.53. The highest BCUT2D eigenvalue weighted by Crippen LogP contribution is 2.30. The Hall–Kier alpha value is -3.13. The zero-order chi connectivity index (χ0) is 18.4. The third kappa shape index (κ3) is 4.93. The number of carbonyl (C=O) groups excluding carboxylic acids is 2. The van der Waals surface area contributed by atoms with Gasteiger partial charge in [-0.25, -0.2) is 0 Å². The monoisotopic (exact) mass is 349 g/mol. The molecule has 0 bridgehead atoms. The molecule has 0 N–H and O–H groups in total. The van der Waals surface area contributed by atoms with Gasteiger partial charge >= 0.3 is 5.97 Å². The Labute approximate surface area is 152 Å². The number of ketones is 1. The maximum Gasteiger partial charge on any atom is 0.309 e. The zero-order valence-corrected chi connectivity index (χ0v) is 14.3. The number of hydrogen-bond donors (Lipinski definition) is 0. The van der Waals surface area contributed by atoms with Crippen LogP contribution in [0.1, 0.15) is 30.7 Å². The summed E-state index contributed by atoms with van der Waals surface area (Å²) in [6.45, 7) is -0.270. The number of esters is 1. The largest absolute Gasteiger partial charge is 0.457 e. The first-order valence-corrected chi connectivity index (χ1v) is 8.56. The second-order valence-electron chi connectivity index (χ2n) is 6.29. The highest BCUT2D eigenvalue weighted by molar-refractivity contribution is 5.84. The Bertz CT molecular complexity index is 821. The van der Waals surface area contributed by atoms with Gasteiger partial charge in [-0.2, -0.15) is 5.26 Å². The quantitative estimate of drug-likeness (QED) is 0.673. The van der Waals surface area contributed by atoms with Crippen molar-refractivity contribution in [2.75, 3.05) is 6.61 Å². The smallest absolute Gasteiger partial charge is 0.309 e. The van der Waals surface area contributed by atoms with Crippen LogP contribution >= 0.6 is 0 Å². The van der Waals surface area contributed by atoms with Gasteiger partial charge in [-0.15, -0.1) is 0 Å². The summed E-state index contributed by atoms with van der Waals surface area (Å²) < 4.78 is 10.8. The van der Waals surface area contributed by atoms with Gasteiger partial charge in [0.05, 0.1) is 17.9 Å². The zero-order valence-electron chi connectivity index (χ0n) is 14.3. The molecule has 0 radical (unpaired) electrons. The maximum absolute atomic E-state index is 12.0. The van der Waals surface area contributed by atoms with Gasteiger partial charge in [0.25, 0.3) is 0 Å². The highest BCUT2D eigenvalue weighted by atomic mass is 16.5. The predicted molar refractivity (Wildman–Crippen MR) is 94.6 cm³/mol. The first-order valence-electron chi connectivity index (χ1n) is 8.56. The summed E-state index contributed by atoms with van der Waals surface area (Å²) in [5, 5.41) is 9.43. The summed E-state index contributed by atoms with van der Waals surface area (Å²) in [5.74, 6) is 0.0654. The summed E-state index contributed by atoms with van der Waals surface area (Å²) in [5.41, 5.74) is 0.697. The van der Waals surface area contributed by atoms with Crippen LogP contribution in [0.4, 0.5) is 0 Å². The Morgan fingerprint density at radius 3 is 2.50 bits per heavy atom. The number of rotatable bonds is 8. The van der Waals surface area contributed by atoms with Crippen LogP contribution in [0, 0.1) is 17.2 Å². The molecular formula is C21H19NO4. The molecule has 26 heavy (non-hydrogen) atoms. The van der Waals surface area contributed by atoms with Gasteiger partial charge < -0.3 is 9.47 Å². The number of Topliss-reactive ketones (excluding diaryl/α,β-unsaturated/α-hetero) is 1. The molecule has 0 aromatic heterocycles. The minimum Gasteiger partial charge on any atom is -0.457 e. The van der Waals surface area contributed by atoms with Crippen LogP contribution in [-0.2, 0) is 14.3 Å². The van der Waals surface area contributed by atoms with Crippen molar-refractivity contribution in [3.63, 3.8) is 0 Å². The van der Waals surface area contributed by atoms with Gasteiger partial charge in [-0.05, 0) is 42.7 Å². The van der Waals surface area contributed by atoms with Crippen molar-refractivity contribution in [2.24, 2.45) is 5.92 Å². The third-order valence-electron chi connectivity index (χ3n) is 4.11. The molecular weight excluding hydrogens is 330 g/mol. The van der Waals surface area contributed by atoms with Crippen LogP contribution in [0.2, 0.25) is 0 Å². The SMILES string of the molecule is N#CC(CC(=O)COC(=O)C1CC1)c1cccc(Oc2ccccc2)c1. The molecule has 1 aliphatic carbocycles. The van der Waals surface area contributed by atoms with Gasteiger partial charge in [0.1, 0.15) is 18.1 Å². The predicted octanol–water partition coefficient (Wildman–Crippen LogP) is 4.00. The number of carbonyl (C=O) groups is 2. The Morgan fingerprint density at radius 2 is 1.81 bits per heavy atom. The van der Waals surface area contributed by atoms with E-state index in [1.165, 1.54) is 0 Å². The van der Waals surface area contributed by atoms with Crippen molar-refractivity contribution >= 4 is 11.8 Å². The van der Waals surface area contributed by atoms with Crippen LogP contribution < -0.4 is 4.74 Å². The van der Waals surface area contributed by atoms with Crippen LogP contribution in [-0.4, -0.2) is 18.4 Å². The molecule has 0 amide bonds. The van der Waals surface area contributed by atoms with E-state index in [4.69, 9.17) is 9.47 Å². The molecule has 1 unspecified atom stereocenters. The van der Waals surface area contributed by atoms with Crippen LogP contribution in [0.25, 0.3) is 0 Å². The lowest BCUT2D eigenvalue weighted by molar-refractivity contribution is -0.149. The van der Waals surface area contributed by atoms with E-state index in [9.17, 15) is 14.9 Å². The van der Waals surface area contributed by atoms with Crippen molar-refractivity contribution in [3.8, 4) is 17.6 Å². The lowest BCUT2D eigenvalue weighted by atomic mass is 9.95. The molecule has 0 aliphatic heterocycles. The summed E-state index contributed by atoms with van der Waals surface area (Å²) in [4.78, 5) is 23.5. The maximum atomic E-state index is 12.0. The lowest BCUT2D eigenvalue weighted by Crippen LogP contribution is -2.17. The van der Waals surface area contributed by atoms with E-state index >= 15 is 0 Å². The lowest BCUT2D eigenvalue weighted by Gasteiger charge is -2.11. The Morgan fingerprint density at radius 1 is 1.08 bits per heavy atom. The molecule has 1 aliphatic rings. The molecule has 0 heterocycles. The summed E-state index contributed by atoms with van der Waals surface area (Å²) in [6, 6.07) is 18.6. The van der Waals surface area contributed by atoms with E-state index < -0.39 is 5.92 Å². The average Bonchev–Trinajstić information content (AvgIpc) is 3.50. The normalized spacial score (nSPS) is 14.1. The third-order valence-corrected chi connectivity index (χ3v) is 4.11. The number of para-hydroxylation sites is 1. The standard InChI is InChI=1S/C21H19NO4/c22-13-17(11-18(23)14-25-21(24)15-9-10-15)16-5-4-8-20(12-16)26-19-6-2-1-3-7-19/h1-8,12,15,17H,9-11,14H2. The average molecular weight is 349 g/mol. The molecule has 5 heteroatoms. The molecule has 1 fully saturated rings. The molecule has 2 aromatic carbocycles. The molecule has 1 atom stereocenters. The van der Waals surface area contributed by atoms with E-state index in [1.54, 1.807) is 24.3 Å². The minimum absolute atomic E-state index is 0.00321. The van der Waals surface area contributed by atoms with Gasteiger partial charge in [0.15, 0.2) is 5.78 Å². The molecule has 3 rings (SSSR count). The van der Waals surface area contributed by atoms with Crippen molar-refractivity contribution in [1.82, 2.24) is 0 Å². The molecule has 0 saturated heterocycles. The molecule has 0 spiro atoms. The second-order valence-corrected chi connectivity index (χ2v) is 6.29. The van der Waals surface area contributed by atoms with E-state index in [0.717, 1.165) is 12.8 Å². The fourth-order valence-corrected chi connectivity index (χ4v) is 2.53. The fraction of sp³-hybridized carbons (Fsp3) is 0.286. The van der Waals surface area contributed by atoms with Crippen molar-refractivity contribution < 1.29 is 19.1 Å². The van der Waals surface area contributed by atoms with Crippen molar-refractivity contribution in [2.45, 2.75) is 25.2 Å². The summed E-state index contributed by atoms with van der Waals surface area (Å²) in [6.07, 6.45) is 1.67. The Kier molecular flexibility index (Phi) is 5.65. The highest BCUT2D eigenvalue weighted by Gasteiger charge is 2.31. The summed E-state index contributed by atoms with van der Waals surface area (Å²) >= 11 is 0. The second kappa shape index (κ2) is 8.30. The number of nitriles is 1. The molecule has 132 valence electrons. The van der Waals surface area contributed by atoms with Gasteiger partial charge in [0.2, 0.25) is 0 Å². The van der Waals surface area contributed by atoms with Crippen molar-refractivity contribution in [3.05, 3.63) is 60.2 Å².